The van der Waals surface area contributed by atoms with Crippen molar-refractivity contribution in [2.24, 2.45) is 11.7 Å². The summed E-state index contributed by atoms with van der Waals surface area (Å²) < 4.78 is 26.9. The predicted molar refractivity (Wildman–Crippen MR) is 73.2 cm³/mol. The number of sulfonamides is 1. The van der Waals surface area contributed by atoms with Crippen molar-refractivity contribution in [1.29, 1.82) is 0 Å². The number of aromatic nitrogens is 2. The molecule has 2 rings (SSSR count). The summed E-state index contributed by atoms with van der Waals surface area (Å²) >= 11 is 0. The molecule has 1 aromatic heterocycles. The molecule has 0 amide bonds. The van der Waals surface area contributed by atoms with Crippen LogP contribution in [-0.4, -0.2) is 42.1 Å². The second kappa shape index (κ2) is 5.22. The van der Waals surface area contributed by atoms with E-state index in [4.69, 9.17) is 5.73 Å². The maximum atomic E-state index is 12.7. The predicted octanol–water partition coefficient (Wildman–Crippen LogP) is 0.774. The van der Waals surface area contributed by atoms with Gasteiger partial charge in [-0.15, -0.1) is 0 Å². The maximum absolute atomic E-state index is 12.7. The Balaban J connectivity index is 2.30. The van der Waals surface area contributed by atoms with E-state index in [1.54, 1.807) is 18.2 Å². The molecule has 1 aromatic rings. The van der Waals surface area contributed by atoms with Gasteiger partial charge in [0.05, 0.1) is 11.4 Å². The van der Waals surface area contributed by atoms with E-state index in [9.17, 15) is 8.42 Å². The molecule has 1 aliphatic rings. The Hall–Kier alpha value is -0.920. The molecular formula is C12H22N4O2S. The van der Waals surface area contributed by atoms with Crippen LogP contribution in [0.2, 0.25) is 0 Å². The van der Waals surface area contributed by atoms with Gasteiger partial charge in [-0.1, -0.05) is 0 Å². The topological polar surface area (TPSA) is 92.1 Å². The summed E-state index contributed by atoms with van der Waals surface area (Å²) in [6.45, 7) is 6.46. The van der Waals surface area contributed by atoms with E-state index in [0.717, 1.165) is 12.8 Å². The van der Waals surface area contributed by atoms with Gasteiger partial charge >= 0.3 is 0 Å². The molecule has 1 saturated heterocycles. The summed E-state index contributed by atoms with van der Waals surface area (Å²) in [6.07, 6.45) is 1.86. The van der Waals surface area contributed by atoms with Crippen LogP contribution in [0, 0.1) is 19.8 Å². The van der Waals surface area contributed by atoms with Crippen molar-refractivity contribution in [3.8, 4) is 0 Å². The maximum Gasteiger partial charge on any atom is 0.246 e. The van der Waals surface area contributed by atoms with Gasteiger partial charge < -0.3 is 5.73 Å². The molecule has 2 heterocycles. The Bertz CT molecular complexity index is 531. The number of nitrogens with one attached hydrogen (secondary N) is 1. The van der Waals surface area contributed by atoms with Crippen LogP contribution in [-0.2, 0) is 10.0 Å². The van der Waals surface area contributed by atoms with E-state index >= 15 is 0 Å². The largest absolute Gasteiger partial charge is 0.328 e. The quantitative estimate of drug-likeness (QED) is 0.858. The van der Waals surface area contributed by atoms with Crippen LogP contribution < -0.4 is 5.73 Å². The van der Waals surface area contributed by atoms with E-state index in [1.807, 2.05) is 6.92 Å². The molecule has 0 saturated carbocycles. The number of H-pyrrole nitrogens is 1. The lowest BCUT2D eigenvalue weighted by atomic mass is 9.93. The van der Waals surface area contributed by atoms with E-state index in [2.05, 4.69) is 10.2 Å². The summed E-state index contributed by atoms with van der Waals surface area (Å²) in [5.74, 6) is 0.232. The summed E-state index contributed by atoms with van der Waals surface area (Å²) in [5, 5.41) is 6.71. The number of hydrogen-bond donors (Lipinski definition) is 2. The standard InChI is InChI=1S/C12H22N4O2S/c1-8(13)11-5-4-6-16(7-11)19(17,18)12-9(2)14-15-10(12)3/h8,11H,4-7,13H2,1-3H3,(H,14,15). The zero-order valence-electron chi connectivity index (χ0n) is 11.7. The fourth-order valence-corrected chi connectivity index (χ4v) is 4.54. The molecule has 2 atom stereocenters. The van der Waals surface area contributed by atoms with Crippen molar-refractivity contribution in [3.63, 3.8) is 0 Å². The number of rotatable bonds is 3. The first-order valence-electron chi connectivity index (χ1n) is 6.61. The zero-order chi connectivity index (χ0) is 14.2. The number of nitrogens with two attached hydrogens (primary N) is 1. The van der Waals surface area contributed by atoms with Gasteiger partial charge in [0.15, 0.2) is 0 Å². The van der Waals surface area contributed by atoms with Gasteiger partial charge in [0.25, 0.3) is 0 Å². The first-order valence-corrected chi connectivity index (χ1v) is 8.05. The van der Waals surface area contributed by atoms with E-state index in [-0.39, 0.29) is 12.0 Å². The first kappa shape index (κ1) is 14.5. The molecule has 3 N–H and O–H groups in total. The molecule has 0 radical (unpaired) electrons. The van der Waals surface area contributed by atoms with Crippen molar-refractivity contribution in [1.82, 2.24) is 14.5 Å². The van der Waals surface area contributed by atoms with Gasteiger partial charge in [-0.25, -0.2) is 8.42 Å². The third kappa shape index (κ3) is 2.68. The molecule has 0 spiro atoms. The zero-order valence-corrected chi connectivity index (χ0v) is 12.5. The fraction of sp³-hybridized carbons (Fsp3) is 0.750. The molecule has 6 nitrogen and oxygen atoms in total. The van der Waals surface area contributed by atoms with Gasteiger partial charge in [0.1, 0.15) is 4.90 Å². The Morgan fingerprint density at radius 2 is 2.16 bits per heavy atom. The summed E-state index contributed by atoms with van der Waals surface area (Å²) in [6, 6.07) is 0.0181. The Kier molecular flexibility index (Phi) is 3.98. The second-order valence-corrected chi connectivity index (χ2v) is 7.26. The van der Waals surface area contributed by atoms with Gasteiger partial charge in [-0.3, -0.25) is 5.10 Å². The number of hydrogen-bond acceptors (Lipinski definition) is 4. The van der Waals surface area contributed by atoms with Crippen LogP contribution in [0.1, 0.15) is 31.2 Å². The normalized spacial score (nSPS) is 23.5. The van der Waals surface area contributed by atoms with Crippen LogP contribution in [0.4, 0.5) is 0 Å². The lowest BCUT2D eigenvalue weighted by Gasteiger charge is -2.33. The van der Waals surface area contributed by atoms with E-state index < -0.39 is 10.0 Å². The average Bonchev–Trinajstić information content (AvgIpc) is 2.69. The lowest BCUT2D eigenvalue weighted by Crippen LogP contribution is -2.45. The molecular weight excluding hydrogens is 264 g/mol. The van der Waals surface area contributed by atoms with Crippen LogP contribution in [0.25, 0.3) is 0 Å². The smallest absolute Gasteiger partial charge is 0.246 e. The highest BCUT2D eigenvalue weighted by molar-refractivity contribution is 7.89. The lowest BCUT2D eigenvalue weighted by molar-refractivity contribution is 0.243. The molecule has 2 unspecified atom stereocenters. The van der Waals surface area contributed by atoms with Crippen molar-refractivity contribution < 1.29 is 8.42 Å². The van der Waals surface area contributed by atoms with E-state index in [0.29, 0.717) is 29.4 Å². The van der Waals surface area contributed by atoms with Crippen LogP contribution in [0.3, 0.4) is 0 Å². The van der Waals surface area contributed by atoms with Crippen LogP contribution >= 0.6 is 0 Å². The van der Waals surface area contributed by atoms with E-state index in [1.165, 1.54) is 0 Å². The second-order valence-electron chi connectivity index (χ2n) is 5.39. The summed E-state index contributed by atoms with van der Waals surface area (Å²) in [4.78, 5) is 0.317. The van der Waals surface area contributed by atoms with Crippen molar-refractivity contribution >= 4 is 10.0 Å². The SMILES string of the molecule is Cc1n[nH]c(C)c1S(=O)(=O)N1CCCC(C(C)N)C1. The Morgan fingerprint density at radius 3 is 2.68 bits per heavy atom. The molecule has 0 bridgehead atoms. The van der Waals surface area contributed by atoms with Gasteiger partial charge in [-0.05, 0) is 39.5 Å². The van der Waals surface area contributed by atoms with Crippen molar-refractivity contribution in [2.75, 3.05) is 13.1 Å². The fourth-order valence-electron chi connectivity index (χ4n) is 2.67. The minimum atomic E-state index is -3.46. The van der Waals surface area contributed by atoms with Gasteiger partial charge in [-0.2, -0.15) is 9.40 Å². The monoisotopic (exact) mass is 286 g/mol. The highest BCUT2D eigenvalue weighted by Crippen LogP contribution is 2.27. The number of aryl methyl sites for hydroxylation is 2. The average molecular weight is 286 g/mol. The first-order chi connectivity index (χ1) is 8.84. The number of nitrogens with zero attached hydrogens (tertiary/aromatic N) is 2. The molecule has 108 valence electrons. The molecule has 1 fully saturated rings. The number of aromatic amines is 1. The van der Waals surface area contributed by atoms with Crippen LogP contribution in [0.15, 0.2) is 4.90 Å². The minimum absolute atomic E-state index is 0.0181. The number of piperidine rings is 1. The third-order valence-corrected chi connectivity index (χ3v) is 5.95. The van der Waals surface area contributed by atoms with Gasteiger partial charge in [0, 0.05) is 19.1 Å². The van der Waals surface area contributed by atoms with Crippen molar-refractivity contribution in [3.05, 3.63) is 11.4 Å². The summed E-state index contributed by atoms with van der Waals surface area (Å²) in [7, 11) is -3.46. The molecule has 0 aliphatic carbocycles. The summed E-state index contributed by atoms with van der Waals surface area (Å²) in [5.41, 5.74) is 7.04. The van der Waals surface area contributed by atoms with Gasteiger partial charge in [0.2, 0.25) is 10.0 Å². The van der Waals surface area contributed by atoms with Crippen LogP contribution in [0.5, 0.6) is 0 Å². The molecule has 0 aromatic carbocycles. The minimum Gasteiger partial charge on any atom is -0.328 e. The Labute approximate surface area is 114 Å². The Morgan fingerprint density at radius 1 is 1.47 bits per heavy atom. The third-order valence-electron chi connectivity index (χ3n) is 3.82. The molecule has 7 heteroatoms. The highest BCUT2D eigenvalue weighted by Gasteiger charge is 2.34. The molecule has 1 aliphatic heterocycles. The molecule has 19 heavy (non-hydrogen) atoms. The highest BCUT2D eigenvalue weighted by atomic mass is 32.2. The van der Waals surface area contributed by atoms with Crippen molar-refractivity contribution in [2.45, 2.75) is 44.6 Å².